The number of benzene rings is 2. The van der Waals surface area contributed by atoms with E-state index in [0.717, 1.165) is 22.6 Å². The summed E-state index contributed by atoms with van der Waals surface area (Å²) in [5, 5.41) is 19.2. The number of Topliss-reactive ketones (excluding diaryl/α,β-unsaturated/α-hetero) is 1. The van der Waals surface area contributed by atoms with Crippen LogP contribution in [0.3, 0.4) is 0 Å². The number of para-hydroxylation sites is 1. The van der Waals surface area contributed by atoms with Crippen molar-refractivity contribution in [1.82, 2.24) is 15.1 Å². The number of nitrogens with one attached hydrogen (secondary N) is 1. The number of aromatic nitrogens is 2. The van der Waals surface area contributed by atoms with Crippen LogP contribution >= 0.6 is 0 Å². The predicted octanol–water partition coefficient (Wildman–Crippen LogP) is 4.53. The molecule has 1 aliphatic rings. The first-order valence-corrected chi connectivity index (χ1v) is 9.93. The first-order chi connectivity index (χ1) is 14.3. The molecule has 3 aromatic rings. The zero-order chi connectivity index (χ0) is 21.5. The second kappa shape index (κ2) is 7.50. The van der Waals surface area contributed by atoms with E-state index in [2.05, 4.69) is 19.2 Å². The van der Waals surface area contributed by atoms with E-state index in [0.29, 0.717) is 18.5 Å². The number of nitro benzene ring substituents is 1. The Labute approximate surface area is 174 Å². The van der Waals surface area contributed by atoms with Gasteiger partial charge < -0.3 is 5.32 Å². The Balaban J connectivity index is 1.72. The van der Waals surface area contributed by atoms with Gasteiger partial charge in [-0.25, -0.2) is 4.68 Å². The van der Waals surface area contributed by atoms with Crippen molar-refractivity contribution in [2.24, 2.45) is 5.41 Å². The highest BCUT2D eigenvalue weighted by Gasteiger charge is 2.43. The summed E-state index contributed by atoms with van der Waals surface area (Å²) in [5.74, 6) is 0.114. The highest BCUT2D eigenvalue weighted by atomic mass is 16.6. The van der Waals surface area contributed by atoms with Crippen molar-refractivity contribution in [2.45, 2.75) is 39.8 Å². The number of nitro groups is 1. The van der Waals surface area contributed by atoms with Gasteiger partial charge in [-0.3, -0.25) is 14.9 Å². The van der Waals surface area contributed by atoms with Crippen LogP contribution < -0.4 is 5.32 Å². The number of carbonyl (C=O) groups excluding carboxylic acids is 1. The van der Waals surface area contributed by atoms with E-state index in [-0.39, 0.29) is 22.9 Å². The van der Waals surface area contributed by atoms with Gasteiger partial charge in [0.25, 0.3) is 5.69 Å². The lowest BCUT2D eigenvalue weighted by Crippen LogP contribution is -2.41. The SMILES string of the molecule is Cc1nn(-c2ccccc2)c2c1C(=O)CC(C)(C)C2NCc1ccc([N+](=O)[O-])cc1. The largest absolute Gasteiger partial charge is 0.304 e. The standard InChI is InChI=1S/C23H24N4O3/c1-15-20-19(28)13-23(2,3)22(21(20)26(25-15)17-7-5-4-6-8-17)24-14-16-9-11-18(12-10-16)27(29)30/h4-12,22,24H,13-14H2,1-3H3. The molecular formula is C23H24N4O3. The molecule has 1 unspecified atom stereocenters. The highest BCUT2D eigenvalue weighted by Crippen LogP contribution is 2.45. The molecule has 2 aromatic carbocycles. The van der Waals surface area contributed by atoms with E-state index in [1.165, 1.54) is 12.1 Å². The van der Waals surface area contributed by atoms with Gasteiger partial charge in [-0.15, -0.1) is 0 Å². The third-order valence-electron chi connectivity index (χ3n) is 5.70. The molecule has 4 rings (SSSR count). The van der Waals surface area contributed by atoms with Crippen LogP contribution in [0.2, 0.25) is 0 Å². The molecule has 7 heteroatoms. The average Bonchev–Trinajstić information content (AvgIpc) is 3.05. The Morgan fingerprint density at radius 3 is 2.47 bits per heavy atom. The molecule has 1 aromatic heterocycles. The summed E-state index contributed by atoms with van der Waals surface area (Å²) >= 11 is 0. The summed E-state index contributed by atoms with van der Waals surface area (Å²) in [4.78, 5) is 23.4. The first-order valence-electron chi connectivity index (χ1n) is 9.93. The van der Waals surface area contributed by atoms with Gasteiger partial charge in [0.1, 0.15) is 0 Å². The summed E-state index contributed by atoms with van der Waals surface area (Å²) < 4.78 is 1.87. The fraction of sp³-hybridized carbons (Fsp3) is 0.304. The predicted molar refractivity (Wildman–Crippen MR) is 114 cm³/mol. The van der Waals surface area contributed by atoms with Gasteiger partial charge in [-0.2, -0.15) is 5.10 Å². The van der Waals surface area contributed by atoms with Crippen LogP contribution in [-0.2, 0) is 6.54 Å². The molecule has 0 aliphatic heterocycles. The van der Waals surface area contributed by atoms with Crippen LogP contribution in [0.1, 0.15) is 53.6 Å². The van der Waals surface area contributed by atoms with E-state index < -0.39 is 4.92 Å². The maximum absolute atomic E-state index is 12.9. The zero-order valence-electron chi connectivity index (χ0n) is 17.3. The topological polar surface area (TPSA) is 90.1 Å². The van der Waals surface area contributed by atoms with E-state index in [1.807, 2.05) is 41.9 Å². The van der Waals surface area contributed by atoms with E-state index >= 15 is 0 Å². The Morgan fingerprint density at radius 1 is 1.17 bits per heavy atom. The van der Waals surface area contributed by atoms with Gasteiger partial charge in [-0.1, -0.05) is 44.2 Å². The maximum atomic E-state index is 12.9. The van der Waals surface area contributed by atoms with Crippen molar-refractivity contribution in [3.63, 3.8) is 0 Å². The second-order valence-electron chi connectivity index (χ2n) is 8.42. The number of nitrogens with zero attached hydrogens (tertiary/aromatic N) is 3. The molecule has 30 heavy (non-hydrogen) atoms. The maximum Gasteiger partial charge on any atom is 0.269 e. The summed E-state index contributed by atoms with van der Waals surface area (Å²) in [6.45, 7) is 6.57. The number of carbonyl (C=O) groups is 1. The molecule has 154 valence electrons. The number of non-ortho nitro benzene ring substituents is 1. The molecule has 0 saturated carbocycles. The summed E-state index contributed by atoms with van der Waals surface area (Å²) in [6, 6.07) is 16.2. The van der Waals surface area contributed by atoms with Crippen molar-refractivity contribution < 1.29 is 9.72 Å². The van der Waals surface area contributed by atoms with Gasteiger partial charge in [0.2, 0.25) is 0 Å². The number of hydrogen-bond acceptors (Lipinski definition) is 5. The van der Waals surface area contributed by atoms with E-state index in [1.54, 1.807) is 12.1 Å². The minimum atomic E-state index is -0.402. The normalized spacial score (nSPS) is 17.6. The van der Waals surface area contributed by atoms with Gasteiger partial charge in [0.15, 0.2) is 5.78 Å². The van der Waals surface area contributed by atoms with Gasteiger partial charge in [0, 0.05) is 25.1 Å². The Morgan fingerprint density at radius 2 is 1.83 bits per heavy atom. The lowest BCUT2D eigenvalue weighted by molar-refractivity contribution is -0.384. The summed E-state index contributed by atoms with van der Waals surface area (Å²) in [6.07, 6.45) is 0.430. The Hall–Kier alpha value is -3.32. The molecule has 7 nitrogen and oxygen atoms in total. The minimum Gasteiger partial charge on any atom is -0.304 e. The van der Waals surface area contributed by atoms with Crippen molar-refractivity contribution in [3.8, 4) is 5.69 Å². The lowest BCUT2D eigenvalue weighted by Gasteiger charge is -2.39. The van der Waals surface area contributed by atoms with Gasteiger partial charge in [0.05, 0.1) is 33.6 Å². The molecule has 1 aliphatic carbocycles. The first kappa shape index (κ1) is 20.0. The molecular weight excluding hydrogens is 380 g/mol. The van der Waals surface area contributed by atoms with Crippen LogP contribution in [0.15, 0.2) is 54.6 Å². The van der Waals surface area contributed by atoms with Crippen molar-refractivity contribution in [1.29, 1.82) is 0 Å². The Bertz CT molecular complexity index is 1100. The molecule has 0 saturated heterocycles. The molecule has 1 atom stereocenters. The highest BCUT2D eigenvalue weighted by molar-refractivity contribution is 6.00. The lowest BCUT2D eigenvalue weighted by atomic mass is 9.71. The molecule has 0 bridgehead atoms. The number of rotatable bonds is 5. The summed E-state index contributed by atoms with van der Waals surface area (Å²) in [7, 11) is 0. The molecule has 1 heterocycles. The number of ketones is 1. The van der Waals surface area contributed by atoms with Crippen LogP contribution in [-0.4, -0.2) is 20.5 Å². The second-order valence-corrected chi connectivity index (χ2v) is 8.42. The smallest absolute Gasteiger partial charge is 0.269 e. The third-order valence-corrected chi connectivity index (χ3v) is 5.70. The van der Waals surface area contributed by atoms with Crippen molar-refractivity contribution >= 4 is 11.5 Å². The monoisotopic (exact) mass is 404 g/mol. The molecule has 0 fully saturated rings. The number of aryl methyl sites for hydroxylation is 1. The van der Waals surface area contributed by atoms with Gasteiger partial charge >= 0.3 is 0 Å². The van der Waals surface area contributed by atoms with E-state index in [9.17, 15) is 14.9 Å². The fourth-order valence-electron chi connectivity index (χ4n) is 4.23. The van der Waals surface area contributed by atoms with Gasteiger partial charge in [-0.05, 0) is 30.0 Å². The molecule has 0 spiro atoms. The summed E-state index contributed by atoms with van der Waals surface area (Å²) in [5.41, 5.74) is 3.91. The van der Waals surface area contributed by atoms with Crippen molar-refractivity contribution in [2.75, 3.05) is 0 Å². The van der Waals surface area contributed by atoms with Crippen LogP contribution in [0.25, 0.3) is 5.69 Å². The van der Waals surface area contributed by atoms with E-state index in [4.69, 9.17) is 5.10 Å². The number of fused-ring (bicyclic) bond motifs is 1. The molecule has 0 radical (unpaired) electrons. The van der Waals surface area contributed by atoms with Crippen LogP contribution in [0, 0.1) is 22.5 Å². The Kier molecular flexibility index (Phi) is 4.99. The minimum absolute atomic E-state index is 0.0717. The van der Waals surface area contributed by atoms with Crippen LogP contribution in [0.4, 0.5) is 5.69 Å². The fourth-order valence-corrected chi connectivity index (χ4v) is 4.23. The third kappa shape index (κ3) is 3.52. The number of hydrogen-bond donors (Lipinski definition) is 1. The zero-order valence-corrected chi connectivity index (χ0v) is 17.3. The average molecular weight is 404 g/mol. The quantitative estimate of drug-likeness (QED) is 0.498. The van der Waals surface area contributed by atoms with Crippen molar-refractivity contribution in [3.05, 3.63) is 87.2 Å². The molecule has 0 amide bonds. The molecule has 1 N–H and O–H groups in total. The van der Waals surface area contributed by atoms with Crippen LogP contribution in [0.5, 0.6) is 0 Å².